The van der Waals surface area contributed by atoms with E-state index in [9.17, 15) is 4.39 Å². The molecule has 2 aromatic rings. The molecule has 0 saturated carbocycles. The number of hydrogen-bond acceptors (Lipinski definition) is 1. The molecule has 0 radical (unpaired) electrons. The molecule has 1 unspecified atom stereocenters. The van der Waals surface area contributed by atoms with Gasteiger partial charge in [-0.05, 0) is 48.1 Å². The number of aryl methyl sites for hydroxylation is 1. The highest BCUT2D eigenvalue weighted by molar-refractivity contribution is 6.30. The molecular weight excluding hydrogens is 273 g/mol. The van der Waals surface area contributed by atoms with Gasteiger partial charge < -0.3 is 5.32 Å². The SMILES string of the molecule is Fc1ccc(CNC2CCCc3ccccc32)cc1Cl. The molecule has 104 valence electrons. The second-order valence-corrected chi connectivity index (χ2v) is 5.68. The molecule has 0 spiro atoms. The number of halogens is 2. The van der Waals surface area contributed by atoms with Crippen LogP contribution in [0.5, 0.6) is 0 Å². The maximum absolute atomic E-state index is 13.1. The molecule has 1 atom stereocenters. The largest absolute Gasteiger partial charge is 0.306 e. The molecule has 0 aliphatic heterocycles. The first-order chi connectivity index (χ1) is 9.74. The third-order valence-electron chi connectivity index (χ3n) is 3.91. The van der Waals surface area contributed by atoms with Crippen molar-refractivity contribution >= 4 is 11.6 Å². The van der Waals surface area contributed by atoms with Crippen LogP contribution in [0, 0.1) is 5.82 Å². The van der Waals surface area contributed by atoms with Gasteiger partial charge in [0.05, 0.1) is 5.02 Å². The molecule has 0 amide bonds. The Morgan fingerprint density at radius 3 is 2.90 bits per heavy atom. The van der Waals surface area contributed by atoms with Gasteiger partial charge in [0.25, 0.3) is 0 Å². The van der Waals surface area contributed by atoms with Gasteiger partial charge in [0.2, 0.25) is 0 Å². The number of fused-ring (bicyclic) bond motifs is 1. The molecule has 1 nitrogen and oxygen atoms in total. The second-order valence-electron chi connectivity index (χ2n) is 5.27. The molecule has 20 heavy (non-hydrogen) atoms. The molecule has 1 aliphatic carbocycles. The standard InChI is InChI=1S/C17H17ClFN/c18-15-10-12(8-9-16(15)19)11-20-17-7-3-5-13-4-1-2-6-14(13)17/h1-2,4,6,8-10,17,20H,3,5,7,11H2. The zero-order valence-corrected chi connectivity index (χ0v) is 12.0. The molecule has 3 heteroatoms. The summed E-state index contributed by atoms with van der Waals surface area (Å²) in [6.07, 6.45) is 3.52. The Balaban J connectivity index is 1.71. The van der Waals surface area contributed by atoms with Crippen LogP contribution in [0.4, 0.5) is 4.39 Å². The van der Waals surface area contributed by atoms with Crippen molar-refractivity contribution in [1.82, 2.24) is 5.32 Å². The van der Waals surface area contributed by atoms with E-state index in [0.717, 1.165) is 18.4 Å². The summed E-state index contributed by atoms with van der Waals surface area (Å²) >= 11 is 5.81. The molecule has 0 saturated heterocycles. The van der Waals surface area contributed by atoms with Crippen molar-refractivity contribution in [2.45, 2.75) is 31.8 Å². The lowest BCUT2D eigenvalue weighted by Crippen LogP contribution is -2.24. The highest BCUT2D eigenvalue weighted by Gasteiger charge is 2.18. The Kier molecular flexibility index (Phi) is 4.04. The van der Waals surface area contributed by atoms with Gasteiger partial charge in [0, 0.05) is 12.6 Å². The first-order valence-corrected chi connectivity index (χ1v) is 7.37. The monoisotopic (exact) mass is 289 g/mol. The van der Waals surface area contributed by atoms with Gasteiger partial charge in [-0.15, -0.1) is 0 Å². The van der Waals surface area contributed by atoms with Crippen LogP contribution in [-0.4, -0.2) is 0 Å². The van der Waals surface area contributed by atoms with Gasteiger partial charge in [-0.3, -0.25) is 0 Å². The third-order valence-corrected chi connectivity index (χ3v) is 4.20. The Hall–Kier alpha value is -1.38. The normalized spacial score (nSPS) is 17.8. The predicted molar refractivity (Wildman–Crippen MR) is 80.4 cm³/mol. The number of nitrogens with one attached hydrogen (secondary N) is 1. The van der Waals surface area contributed by atoms with Crippen LogP contribution in [0.1, 0.15) is 35.6 Å². The van der Waals surface area contributed by atoms with Gasteiger partial charge in [-0.2, -0.15) is 0 Å². The summed E-state index contributed by atoms with van der Waals surface area (Å²) in [7, 11) is 0. The molecule has 3 rings (SSSR count). The molecule has 0 bridgehead atoms. The van der Waals surface area contributed by atoms with Crippen LogP contribution in [0.25, 0.3) is 0 Å². The van der Waals surface area contributed by atoms with E-state index in [0.29, 0.717) is 12.6 Å². The van der Waals surface area contributed by atoms with Crippen molar-refractivity contribution in [1.29, 1.82) is 0 Å². The molecule has 1 aliphatic rings. The van der Waals surface area contributed by atoms with Crippen LogP contribution < -0.4 is 5.32 Å². The Bertz CT molecular complexity index is 612. The highest BCUT2D eigenvalue weighted by Crippen LogP contribution is 2.29. The lowest BCUT2D eigenvalue weighted by Gasteiger charge is -2.26. The summed E-state index contributed by atoms with van der Waals surface area (Å²) in [5.41, 5.74) is 3.85. The quantitative estimate of drug-likeness (QED) is 0.867. The van der Waals surface area contributed by atoms with Crippen molar-refractivity contribution in [2.24, 2.45) is 0 Å². The number of hydrogen-bond donors (Lipinski definition) is 1. The third kappa shape index (κ3) is 2.87. The van der Waals surface area contributed by atoms with Crippen LogP contribution in [-0.2, 0) is 13.0 Å². The van der Waals surface area contributed by atoms with Crippen LogP contribution >= 0.6 is 11.6 Å². The molecule has 0 aromatic heterocycles. The van der Waals surface area contributed by atoms with Crippen LogP contribution in [0.2, 0.25) is 5.02 Å². The van der Waals surface area contributed by atoms with E-state index in [1.165, 1.54) is 23.6 Å². The van der Waals surface area contributed by atoms with Crippen molar-refractivity contribution in [3.05, 3.63) is 70.0 Å². The zero-order chi connectivity index (χ0) is 13.9. The van der Waals surface area contributed by atoms with E-state index >= 15 is 0 Å². The zero-order valence-electron chi connectivity index (χ0n) is 11.2. The van der Waals surface area contributed by atoms with Crippen molar-refractivity contribution in [3.8, 4) is 0 Å². The Labute approximate surface area is 123 Å². The van der Waals surface area contributed by atoms with Crippen molar-refractivity contribution in [2.75, 3.05) is 0 Å². The van der Waals surface area contributed by atoms with Gasteiger partial charge in [0.15, 0.2) is 0 Å². The van der Waals surface area contributed by atoms with Gasteiger partial charge in [-0.1, -0.05) is 41.9 Å². The van der Waals surface area contributed by atoms with Crippen molar-refractivity contribution < 1.29 is 4.39 Å². The molecule has 0 heterocycles. The summed E-state index contributed by atoms with van der Waals surface area (Å²) in [6, 6.07) is 13.9. The lowest BCUT2D eigenvalue weighted by atomic mass is 9.87. The van der Waals surface area contributed by atoms with E-state index < -0.39 is 0 Å². The molecule has 1 N–H and O–H groups in total. The Morgan fingerprint density at radius 2 is 2.05 bits per heavy atom. The summed E-state index contributed by atoms with van der Waals surface area (Å²) in [5, 5.41) is 3.75. The molecule has 0 fully saturated rings. The second kappa shape index (κ2) is 5.94. The summed E-state index contributed by atoms with van der Waals surface area (Å²) in [4.78, 5) is 0. The van der Waals surface area contributed by atoms with E-state index in [-0.39, 0.29) is 10.8 Å². The minimum atomic E-state index is -0.363. The van der Waals surface area contributed by atoms with E-state index in [1.54, 1.807) is 12.1 Å². The van der Waals surface area contributed by atoms with Crippen LogP contribution in [0.15, 0.2) is 42.5 Å². The van der Waals surface area contributed by atoms with E-state index in [4.69, 9.17) is 11.6 Å². The number of benzene rings is 2. The summed E-state index contributed by atoms with van der Waals surface area (Å²) in [6.45, 7) is 0.707. The minimum absolute atomic E-state index is 0.188. The maximum Gasteiger partial charge on any atom is 0.141 e. The highest BCUT2D eigenvalue weighted by atomic mass is 35.5. The van der Waals surface area contributed by atoms with Gasteiger partial charge >= 0.3 is 0 Å². The first-order valence-electron chi connectivity index (χ1n) is 6.99. The first kappa shape index (κ1) is 13.6. The fourth-order valence-corrected chi connectivity index (χ4v) is 3.06. The average Bonchev–Trinajstić information content (AvgIpc) is 2.48. The summed E-state index contributed by atoms with van der Waals surface area (Å²) in [5.74, 6) is -0.363. The Morgan fingerprint density at radius 1 is 1.20 bits per heavy atom. The van der Waals surface area contributed by atoms with E-state index in [1.807, 2.05) is 0 Å². The topological polar surface area (TPSA) is 12.0 Å². The smallest absolute Gasteiger partial charge is 0.141 e. The lowest BCUT2D eigenvalue weighted by molar-refractivity contribution is 0.459. The minimum Gasteiger partial charge on any atom is -0.306 e. The van der Waals surface area contributed by atoms with Crippen molar-refractivity contribution in [3.63, 3.8) is 0 Å². The average molecular weight is 290 g/mol. The molecule has 2 aromatic carbocycles. The molecular formula is C17H17ClFN. The van der Waals surface area contributed by atoms with Gasteiger partial charge in [0.1, 0.15) is 5.82 Å². The predicted octanol–water partition coefficient (Wildman–Crippen LogP) is 4.65. The van der Waals surface area contributed by atoms with E-state index in [2.05, 4.69) is 29.6 Å². The van der Waals surface area contributed by atoms with Crippen LogP contribution in [0.3, 0.4) is 0 Å². The fraction of sp³-hybridized carbons (Fsp3) is 0.294. The fourth-order valence-electron chi connectivity index (χ4n) is 2.86. The summed E-state index contributed by atoms with van der Waals surface area (Å²) < 4.78 is 13.1. The van der Waals surface area contributed by atoms with Gasteiger partial charge in [-0.25, -0.2) is 4.39 Å². The maximum atomic E-state index is 13.1. The number of rotatable bonds is 3.